The Labute approximate surface area is 166 Å². The van der Waals surface area contributed by atoms with Gasteiger partial charge in [0.15, 0.2) is 5.96 Å². The smallest absolute Gasteiger partial charge is 0.193 e. The zero-order chi connectivity index (χ0) is 17.4. The van der Waals surface area contributed by atoms with Gasteiger partial charge in [-0.2, -0.15) is 0 Å². The van der Waals surface area contributed by atoms with Gasteiger partial charge in [-0.1, -0.05) is 36.4 Å². The molecule has 0 bridgehead atoms. The summed E-state index contributed by atoms with van der Waals surface area (Å²) in [5.74, 6) is 1.29. The zero-order valence-corrected chi connectivity index (χ0v) is 17.2. The number of para-hydroxylation sites is 2. The molecule has 6 heteroatoms. The monoisotopic (exact) mass is 455 g/mol. The van der Waals surface area contributed by atoms with E-state index in [1.807, 2.05) is 56.3 Å². The number of methoxy groups -OCH3 is 1. The number of hydrogen-bond acceptors (Lipinski definition) is 3. The van der Waals surface area contributed by atoms with Crippen LogP contribution in [0.15, 0.2) is 47.5 Å². The maximum Gasteiger partial charge on any atom is 0.193 e. The summed E-state index contributed by atoms with van der Waals surface area (Å²) in [5.41, 5.74) is 10.1. The van der Waals surface area contributed by atoms with E-state index in [2.05, 4.69) is 10.3 Å². The number of benzene rings is 2. The minimum atomic E-state index is 0. The first kappa shape index (κ1) is 21.2. The van der Waals surface area contributed by atoms with Crippen LogP contribution in [-0.2, 0) is 11.3 Å². The summed E-state index contributed by atoms with van der Waals surface area (Å²) in [5, 5.41) is 3.11. The lowest BCUT2D eigenvalue weighted by atomic mass is 10.1. The van der Waals surface area contributed by atoms with Crippen molar-refractivity contribution >= 4 is 35.6 Å². The van der Waals surface area contributed by atoms with Crippen LogP contribution in [0.25, 0.3) is 0 Å². The Kier molecular flexibility index (Phi) is 9.30. The minimum absolute atomic E-state index is 0. The highest BCUT2D eigenvalue weighted by molar-refractivity contribution is 14.0. The molecule has 136 valence electrons. The van der Waals surface area contributed by atoms with E-state index < -0.39 is 0 Å². The third-order valence-electron chi connectivity index (χ3n) is 3.61. The van der Waals surface area contributed by atoms with Crippen molar-refractivity contribution < 1.29 is 9.47 Å². The second kappa shape index (κ2) is 10.9. The van der Waals surface area contributed by atoms with E-state index in [9.17, 15) is 0 Å². The number of rotatable bonds is 7. The van der Waals surface area contributed by atoms with Crippen LogP contribution >= 0.6 is 24.0 Å². The van der Waals surface area contributed by atoms with E-state index in [-0.39, 0.29) is 24.0 Å². The quantitative estimate of drug-likeness (QED) is 0.288. The lowest BCUT2D eigenvalue weighted by Crippen LogP contribution is -2.24. The Morgan fingerprint density at radius 3 is 2.44 bits per heavy atom. The third kappa shape index (κ3) is 6.55. The molecule has 0 aromatic heterocycles. The van der Waals surface area contributed by atoms with Gasteiger partial charge >= 0.3 is 0 Å². The molecule has 2 aromatic rings. The summed E-state index contributed by atoms with van der Waals surface area (Å²) in [4.78, 5) is 4.31. The fourth-order valence-electron chi connectivity index (χ4n) is 2.44. The van der Waals surface area contributed by atoms with Crippen molar-refractivity contribution in [2.45, 2.75) is 20.5 Å². The van der Waals surface area contributed by atoms with Crippen LogP contribution in [0.3, 0.4) is 0 Å². The van der Waals surface area contributed by atoms with Gasteiger partial charge in [-0.15, -0.1) is 24.0 Å². The normalized spacial score (nSPS) is 10.9. The fourth-order valence-corrected chi connectivity index (χ4v) is 2.44. The highest BCUT2D eigenvalue weighted by atomic mass is 127. The molecule has 0 atom stereocenters. The zero-order valence-electron chi connectivity index (χ0n) is 14.9. The molecule has 3 N–H and O–H groups in total. The molecule has 0 saturated carbocycles. The van der Waals surface area contributed by atoms with Crippen molar-refractivity contribution in [2.75, 3.05) is 25.6 Å². The minimum Gasteiger partial charge on any atom is -0.491 e. The number of nitrogens with one attached hydrogen (secondary N) is 1. The van der Waals surface area contributed by atoms with Gasteiger partial charge in [-0.3, -0.25) is 0 Å². The molecule has 2 rings (SSSR count). The second-order valence-electron chi connectivity index (χ2n) is 5.55. The van der Waals surface area contributed by atoms with Crippen molar-refractivity contribution in [1.29, 1.82) is 0 Å². The van der Waals surface area contributed by atoms with Gasteiger partial charge in [0, 0.05) is 18.4 Å². The van der Waals surface area contributed by atoms with Crippen LogP contribution < -0.4 is 15.8 Å². The highest BCUT2D eigenvalue weighted by Crippen LogP contribution is 2.22. The molecule has 0 unspecified atom stereocenters. The van der Waals surface area contributed by atoms with Crippen LogP contribution in [0.4, 0.5) is 5.69 Å². The predicted octanol–water partition coefficient (Wildman–Crippen LogP) is 3.87. The summed E-state index contributed by atoms with van der Waals surface area (Å²) in [6.07, 6.45) is 0. The van der Waals surface area contributed by atoms with E-state index in [1.165, 1.54) is 0 Å². The van der Waals surface area contributed by atoms with E-state index in [1.54, 1.807) is 7.11 Å². The van der Waals surface area contributed by atoms with Gasteiger partial charge in [-0.25, -0.2) is 4.99 Å². The lowest BCUT2D eigenvalue weighted by Gasteiger charge is -2.12. The Bertz CT molecular complexity index is 685. The molecule has 0 aliphatic heterocycles. The number of anilines is 1. The lowest BCUT2D eigenvalue weighted by molar-refractivity contribution is 0.185. The summed E-state index contributed by atoms with van der Waals surface area (Å²) in [7, 11) is 1.67. The van der Waals surface area contributed by atoms with Crippen molar-refractivity contribution in [3.05, 3.63) is 59.2 Å². The van der Waals surface area contributed by atoms with Crippen molar-refractivity contribution in [3.8, 4) is 5.75 Å². The number of aryl methyl sites for hydroxylation is 2. The van der Waals surface area contributed by atoms with Crippen LogP contribution in [-0.4, -0.2) is 26.2 Å². The number of nitrogens with two attached hydrogens (primary N) is 1. The summed E-state index contributed by atoms with van der Waals surface area (Å²) in [6, 6.07) is 13.9. The first-order chi connectivity index (χ1) is 11.6. The van der Waals surface area contributed by atoms with Gasteiger partial charge in [-0.05, 0) is 31.0 Å². The number of guanidine groups is 1. The summed E-state index contributed by atoms with van der Waals surface area (Å²) < 4.78 is 11.0. The largest absolute Gasteiger partial charge is 0.491 e. The third-order valence-corrected chi connectivity index (χ3v) is 3.61. The van der Waals surface area contributed by atoms with Crippen LogP contribution in [0.2, 0.25) is 0 Å². The Balaban J connectivity index is 0.00000312. The fraction of sp³-hybridized carbons (Fsp3) is 0.316. The maximum atomic E-state index is 5.95. The molecule has 0 spiro atoms. The van der Waals surface area contributed by atoms with E-state index in [4.69, 9.17) is 15.2 Å². The molecule has 2 aromatic carbocycles. The molecule has 0 aliphatic carbocycles. The summed E-state index contributed by atoms with van der Waals surface area (Å²) in [6.45, 7) is 5.56. The Hall–Kier alpha value is -1.80. The average molecular weight is 455 g/mol. The number of ether oxygens (including phenoxy) is 2. The first-order valence-corrected chi connectivity index (χ1v) is 7.94. The van der Waals surface area contributed by atoms with Gasteiger partial charge in [0.25, 0.3) is 0 Å². The molecule has 0 saturated heterocycles. The first-order valence-electron chi connectivity index (χ1n) is 7.94. The topological polar surface area (TPSA) is 68.9 Å². The number of aliphatic imine (C=N–C) groups is 1. The van der Waals surface area contributed by atoms with Crippen LogP contribution in [0.1, 0.15) is 16.7 Å². The summed E-state index contributed by atoms with van der Waals surface area (Å²) >= 11 is 0. The molecule has 0 fully saturated rings. The Morgan fingerprint density at radius 1 is 1.08 bits per heavy atom. The molecule has 0 aliphatic rings. The number of hydrogen-bond donors (Lipinski definition) is 2. The van der Waals surface area contributed by atoms with Gasteiger partial charge in [0.1, 0.15) is 12.4 Å². The standard InChI is InChI=1S/C19H25N3O2.HI/c1-14-7-6-8-15(2)18(14)24-12-11-21-19(20)22-17-10-5-4-9-16(17)13-23-3;/h4-10H,11-13H2,1-3H3,(H3,20,21,22);1H. The maximum absolute atomic E-state index is 5.95. The van der Waals surface area contributed by atoms with Crippen LogP contribution in [0.5, 0.6) is 5.75 Å². The van der Waals surface area contributed by atoms with Crippen molar-refractivity contribution in [2.24, 2.45) is 10.7 Å². The predicted molar refractivity (Wildman–Crippen MR) is 114 cm³/mol. The van der Waals surface area contributed by atoms with Gasteiger partial charge in [0.2, 0.25) is 0 Å². The molecule has 0 radical (unpaired) electrons. The van der Waals surface area contributed by atoms with Crippen LogP contribution in [0, 0.1) is 13.8 Å². The molecule has 25 heavy (non-hydrogen) atoms. The molecular weight excluding hydrogens is 429 g/mol. The van der Waals surface area contributed by atoms with Crippen molar-refractivity contribution in [1.82, 2.24) is 0 Å². The molecule has 5 nitrogen and oxygen atoms in total. The Morgan fingerprint density at radius 2 is 1.76 bits per heavy atom. The average Bonchev–Trinajstić information content (AvgIpc) is 2.56. The van der Waals surface area contributed by atoms with Crippen molar-refractivity contribution in [3.63, 3.8) is 0 Å². The van der Waals surface area contributed by atoms with Gasteiger partial charge in [0.05, 0.1) is 13.2 Å². The van der Waals surface area contributed by atoms with E-state index in [0.717, 1.165) is 28.1 Å². The van der Waals surface area contributed by atoms with E-state index >= 15 is 0 Å². The molecular formula is C19H26IN3O2. The van der Waals surface area contributed by atoms with Gasteiger partial charge < -0.3 is 20.5 Å². The number of nitrogens with zero attached hydrogens (tertiary/aromatic N) is 1. The molecule has 0 heterocycles. The SMILES string of the molecule is COCc1ccccc1NC(N)=NCCOc1c(C)cccc1C.I. The number of halogens is 1. The molecule has 0 amide bonds. The van der Waals surface area contributed by atoms with E-state index in [0.29, 0.717) is 25.7 Å². The highest BCUT2D eigenvalue weighted by Gasteiger charge is 2.04. The second-order valence-corrected chi connectivity index (χ2v) is 5.55.